The van der Waals surface area contributed by atoms with E-state index >= 15 is 0 Å². The standard InChI is InChI=1S/C18H20ClF3N4S/c1-23-16(24-8-5-15-26-14(10-27-15)18(20,21)22)25-11-17(6-7-17)12-3-2-4-13(19)9-12/h2-4,9-10H,5-8,11H2,1H3,(H2,23,24,25). The molecule has 0 unspecified atom stereocenters. The predicted molar refractivity (Wildman–Crippen MR) is 103 cm³/mol. The van der Waals surface area contributed by atoms with Crippen molar-refractivity contribution in [3.8, 4) is 0 Å². The van der Waals surface area contributed by atoms with E-state index in [1.54, 1.807) is 7.05 Å². The van der Waals surface area contributed by atoms with Gasteiger partial charge in [-0.2, -0.15) is 13.2 Å². The lowest BCUT2D eigenvalue weighted by molar-refractivity contribution is -0.140. The molecule has 1 aliphatic carbocycles. The van der Waals surface area contributed by atoms with Gasteiger partial charge in [0.2, 0.25) is 0 Å². The Morgan fingerprint density at radius 2 is 2.11 bits per heavy atom. The number of halogens is 4. The second-order valence-electron chi connectivity index (χ2n) is 6.52. The van der Waals surface area contributed by atoms with Crippen molar-refractivity contribution in [2.45, 2.75) is 30.9 Å². The minimum Gasteiger partial charge on any atom is -0.356 e. The Bertz CT molecular complexity index is 815. The molecule has 27 heavy (non-hydrogen) atoms. The Morgan fingerprint density at radius 1 is 1.33 bits per heavy atom. The molecule has 1 fully saturated rings. The van der Waals surface area contributed by atoms with Gasteiger partial charge in [0.1, 0.15) is 0 Å². The van der Waals surface area contributed by atoms with Crippen LogP contribution in [0.15, 0.2) is 34.6 Å². The van der Waals surface area contributed by atoms with E-state index in [-0.39, 0.29) is 5.41 Å². The van der Waals surface area contributed by atoms with Crippen LogP contribution in [0.2, 0.25) is 5.02 Å². The molecule has 146 valence electrons. The number of alkyl halides is 3. The number of thiazole rings is 1. The van der Waals surface area contributed by atoms with Gasteiger partial charge in [0.15, 0.2) is 11.7 Å². The van der Waals surface area contributed by atoms with Gasteiger partial charge in [-0.25, -0.2) is 4.98 Å². The van der Waals surface area contributed by atoms with E-state index in [0.717, 1.165) is 41.1 Å². The fourth-order valence-corrected chi connectivity index (χ4v) is 3.85. The van der Waals surface area contributed by atoms with Crippen molar-refractivity contribution >= 4 is 28.9 Å². The van der Waals surface area contributed by atoms with E-state index in [1.165, 1.54) is 5.56 Å². The summed E-state index contributed by atoms with van der Waals surface area (Å²) in [4.78, 5) is 7.81. The van der Waals surface area contributed by atoms with Gasteiger partial charge in [-0.1, -0.05) is 23.7 Å². The van der Waals surface area contributed by atoms with E-state index in [0.29, 0.717) is 23.9 Å². The summed E-state index contributed by atoms with van der Waals surface area (Å²) in [7, 11) is 1.67. The molecule has 0 bridgehead atoms. The fraction of sp³-hybridized carbons (Fsp3) is 0.444. The molecule has 4 nitrogen and oxygen atoms in total. The van der Waals surface area contributed by atoms with Crippen molar-refractivity contribution in [3.63, 3.8) is 0 Å². The molecule has 0 amide bonds. The Kier molecular flexibility index (Phi) is 5.95. The monoisotopic (exact) mass is 416 g/mol. The van der Waals surface area contributed by atoms with E-state index in [2.05, 4.69) is 26.7 Å². The molecule has 9 heteroatoms. The summed E-state index contributed by atoms with van der Waals surface area (Å²) >= 11 is 7.11. The van der Waals surface area contributed by atoms with Gasteiger partial charge < -0.3 is 10.6 Å². The molecule has 1 aromatic carbocycles. The topological polar surface area (TPSA) is 49.3 Å². The van der Waals surface area contributed by atoms with Gasteiger partial charge in [0, 0.05) is 42.4 Å². The zero-order valence-corrected chi connectivity index (χ0v) is 16.3. The molecule has 0 spiro atoms. The third-order valence-corrected chi connectivity index (χ3v) is 5.73. The van der Waals surface area contributed by atoms with Gasteiger partial charge >= 0.3 is 6.18 Å². The molecule has 1 heterocycles. The van der Waals surface area contributed by atoms with Gasteiger partial charge in [0.05, 0.1) is 5.01 Å². The van der Waals surface area contributed by atoms with Crippen molar-refractivity contribution < 1.29 is 13.2 Å². The third-order valence-electron chi connectivity index (χ3n) is 4.58. The highest BCUT2D eigenvalue weighted by atomic mass is 35.5. The average molecular weight is 417 g/mol. The first kappa shape index (κ1) is 19.9. The molecule has 3 rings (SSSR count). The summed E-state index contributed by atoms with van der Waals surface area (Å²) in [6, 6.07) is 7.89. The van der Waals surface area contributed by atoms with Crippen LogP contribution >= 0.6 is 22.9 Å². The number of hydrogen-bond donors (Lipinski definition) is 2. The highest BCUT2D eigenvalue weighted by molar-refractivity contribution is 7.09. The third kappa shape index (κ3) is 5.13. The van der Waals surface area contributed by atoms with Crippen LogP contribution in [-0.4, -0.2) is 31.1 Å². The lowest BCUT2D eigenvalue weighted by Crippen LogP contribution is -2.42. The van der Waals surface area contributed by atoms with Crippen LogP contribution in [0, 0.1) is 0 Å². The van der Waals surface area contributed by atoms with Crippen molar-refractivity contribution in [2.24, 2.45) is 4.99 Å². The van der Waals surface area contributed by atoms with Crippen LogP contribution in [0.3, 0.4) is 0 Å². The normalized spacial score (nSPS) is 16.3. The molecule has 1 aliphatic rings. The number of benzene rings is 1. The zero-order chi connectivity index (χ0) is 19.5. The summed E-state index contributed by atoms with van der Waals surface area (Å²) < 4.78 is 37.7. The molecular weight excluding hydrogens is 397 g/mol. The molecule has 0 atom stereocenters. The quantitative estimate of drug-likeness (QED) is 0.546. The summed E-state index contributed by atoms with van der Waals surface area (Å²) in [5.74, 6) is 0.621. The summed E-state index contributed by atoms with van der Waals surface area (Å²) in [6.07, 6.45) is -1.83. The van der Waals surface area contributed by atoms with Crippen LogP contribution in [0.1, 0.15) is 29.1 Å². The molecule has 0 aliphatic heterocycles. The van der Waals surface area contributed by atoms with E-state index < -0.39 is 11.9 Å². The van der Waals surface area contributed by atoms with Gasteiger partial charge in [-0.05, 0) is 30.5 Å². The predicted octanol–water partition coefficient (Wildman–Crippen LogP) is 4.25. The average Bonchev–Trinajstić information content (AvgIpc) is 3.26. The highest BCUT2D eigenvalue weighted by Gasteiger charge is 2.44. The molecule has 2 aromatic rings. The molecule has 2 N–H and O–H groups in total. The number of nitrogens with zero attached hydrogens (tertiary/aromatic N) is 2. The minimum atomic E-state index is -4.39. The van der Waals surface area contributed by atoms with Crippen LogP contribution in [0.25, 0.3) is 0 Å². The van der Waals surface area contributed by atoms with Gasteiger partial charge in [-0.15, -0.1) is 11.3 Å². The van der Waals surface area contributed by atoms with Crippen molar-refractivity contribution in [1.82, 2.24) is 15.6 Å². The smallest absolute Gasteiger partial charge is 0.356 e. The van der Waals surface area contributed by atoms with Crippen molar-refractivity contribution in [2.75, 3.05) is 20.1 Å². The second kappa shape index (κ2) is 8.06. The highest BCUT2D eigenvalue weighted by Crippen LogP contribution is 2.48. The summed E-state index contributed by atoms with van der Waals surface area (Å²) in [6.45, 7) is 1.18. The van der Waals surface area contributed by atoms with Crippen molar-refractivity contribution in [3.05, 3.63) is 50.9 Å². The summed E-state index contributed by atoms with van der Waals surface area (Å²) in [5.41, 5.74) is 0.446. The Labute approximate surface area is 164 Å². The van der Waals surface area contributed by atoms with E-state index in [1.807, 2.05) is 18.2 Å². The van der Waals surface area contributed by atoms with Gasteiger partial charge in [-0.3, -0.25) is 4.99 Å². The number of aromatic nitrogens is 1. The van der Waals surface area contributed by atoms with Crippen LogP contribution in [0.5, 0.6) is 0 Å². The van der Waals surface area contributed by atoms with E-state index in [9.17, 15) is 13.2 Å². The maximum atomic E-state index is 12.6. The Balaban J connectivity index is 1.48. The lowest BCUT2D eigenvalue weighted by Gasteiger charge is -2.19. The van der Waals surface area contributed by atoms with Crippen LogP contribution in [0.4, 0.5) is 13.2 Å². The number of hydrogen-bond acceptors (Lipinski definition) is 3. The Hall–Kier alpha value is -1.80. The fourth-order valence-electron chi connectivity index (χ4n) is 2.85. The maximum Gasteiger partial charge on any atom is 0.434 e. The first-order valence-electron chi connectivity index (χ1n) is 8.55. The van der Waals surface area contributed by atoms with E-state index in [4.69, 9.17) is 11.6 Å². The molecule has 0 radical (unpaired) electrons. The SMILES string of the molecule is CN=C(NCCc1nc(C(F)(F)F)cs1)NCC1(c2cccc(Cl)c2)CC1. The Morgan fingerprint density at radius 3 is 2.70 bits per heavy atom. The number of aliphatic imine (C=N–C) groups is 1. The minimum absolute atomic E-state index is 0.0689. The molecule has 0 saturated heterocycles. The first-order valence-corrected chi connectivity index (χ1v) is 9.80. The second-order valence-corrected chi connectivity index (χ2v) is 7.90. The lowest BCUT2D eigenvalue weighted by atomic mass is 9.96. The zero-order valence-electron chi connectivity index (χ0n) is 14.7. The number of nitrogens with one attached hydrogen (secondary N) is 2. The molecule has 1 saturated carbocycles. The van der Waals surface area contributed by atoms with Gasteiger partial charge in [0.25, 0.3) is 0 Å². The number of rotatable bonds is 6. The number of guanidine groups is 1. The van der Waals surface area contributed by atoms with Crippen LogP contribution < -0.4 is 10.6 Å². The van der Waals surface area contributed by atoms with Crippen molar-refractivity contribution in [1.29, 1.82) is 0 Å². The van der Waals surface area contributed by atoms with Crippen LogP contribution in [-0.2, 0) is 18.0 Å². The molecular formula is C18H20ClF3N4S. The largest absolute Gasteiger partial charge is 0.434 e. The molecule has 1 aromatic heterocycles. The summed E-state index contributed by atoms with van der Waals surface area (Å²) in [5, 5.41) is 8.65. The maximum absolute atomic E-state index is 12.6. The first-order chi connectivity index (χ1) is 12.8.